The number of anilines is 1. The van der Waals surface area contributed by atoms with Crippen molar-refractivity contribution in [3.8, 4) is 0 Å². The van der Waals surface area contributed by atoms with Crippen LogP contribution in [0.2, 0.25) is 0 Å². The lowest BCUT2D eigenvalue weighted by Gasteiger charge is -2.08. The molecule has 0 aliphatic carbocycles. The number of nitrogens with one attached hydrogen (secondary N) is 1. The number of nitrogens with two attached hydrogens (primary N) is 1. The first-order valence-electron chi connectivity index (χ1n) is 4.94. The molecule has 0 heterocycles. The number of hydrogen-bond acceptors (Lipinski definition) is 4. The molecule has 1 aromatic rings. The van der Waals surface area contributed by atoms with Crippen LogP contribution in [0, 0.1) is 0 Å². The smallest absolute Gasteiger partial charge is 0.238 e. The molecule has 0 unspecified atom stereocenters. The van der Waals surface area contributed by atoms with Gasteiger partial charge in [0.2, 0.25) is 20.0 Å². The molecule has 9 heteroatoms. The second-order valence-electron chi connectivity index (χ2n) is 3.54. The Kier molecular flexibility index (Phi) is 4.97. The fourth-order valence-corrected chi connectivity index (χ4v) is 3.18. The van der Waals surface area contributed by atoms with E-state index in [9.17, 15) is 16.8 Å². The summed E-state index contributed by atoms with van der Waals surface area (Å²) in [5.74, 6) is 0.105. The van der Waals surface area contributed by atoms with E-state index in [1.165, 1.54) is 18.2 Å². The molecular weight excluding hydrogens is 300 g/mol. The zero-order valence-electron chi connectivity index (χ0n) is 9.34. The van der Waals surface area contributed by atoms with Crippen molar-refractivity contribution in [1.82, 2.24) is 0 Å². The molecule has 18 heavy (non-hydrogen) atoms. The molecule has 0 aliphatic heterocycles. The van der Waals surface area contributed by atoms with Crippen LogP contribution in [0.1, 0.15) is 6.42 Å². The first-order valence-corrected chi connectivity index (χ1v) is 8.67. The van der Waals surface area contributed by atoms with Crippen LogP contribution in [-0.2, 0) is 20.0 Å². The van der Waals surface area contributed by atoms with Gasteiger partial charge in [0.1, 0.15) is 0 Å². The molecule has 0 radical (unpaired) electrons. The van der Waals surface area contributed by atoms with Gasteiger partial charge in [-0.05, 0) is 24.6 Å². The molecule has 3 N–H and O–H groups in total. The standard InChI is InChI=1S/C9H13ClN2O4S2/c10-5-2-6-17(13,14)12-8-3-1-4-9(7-8)18(11,15)16/h1,3-4,7,12H,2,5-6H2,(H2,11,15,16). The Morgan fingerprint density at radius 1 is 1.22 bits per heavy atom. The second-order valence-corrected chi connectivity index (χ2v) is 7.32. The molecule has 0 aromatic heterocycles. The highest BCUT2D eigenvalue weighted by atomic mass is 35.5. The van der Waals surface area contributed by atoms with Crippen molar-refractivity contribution in [3.63, 3.8) is 0 Å². The van der Waals surface area contributed by atoms with E-state index in [2.05, 4.69) is 4.72 Å². The summed E-state index contributed by atoms with van der Waals surface area (Å²) in [6.07, 6.45) is 0.311. The number of benzene rings is 1. The Hall–Kier alpha value is -0.830. The van der Waals surface area contributed by atoms with Crippen molar-refractivity contribution < 1.29 is 16.8 Å². The van der Waals surface area contributed by atoms with Gasteiger partial charge >= 0.3 is 0 Å². The topological polar surface area (TPSA) is 106 Å². The Morgan fingerprint density at radius 2 is 1.89 bits per heavy atom. The van der Waals surface area contributed by atoms with Crippen LogP contribution >= 0.6 is 11.6 Å². The fraction of sp³-hybridized carbons (Fsp3) is 0.333. The van der Waals surface area contributed by atoms with Gasteiger partial charge in [0, 0.05) is 11.6 Å². The lowest BCUT2D eigenvalue weighted by Crippen LogP contribution is -2.18. The van der Waals surface area contributed by atoms with Crippen molar-refractivity contribution in [3.05, 3.63) is 24.3 Å². The molecular formula is C9H13ClN2O4S2. The fourth-order valence-electron chi connectivity index (χ4n) is 1.21. The Bertz CT molecular complexity index is 613. The summed E-state index contributed by atoms with van der Waals surface area (Å²) in [6.45, 7) is 0. The molecule has 0 saturated carbocycles. The number of sulfonamides is 2. The van der Waals surface area contributed by atoms with E-state index in [0.717, 1.165) is 6.07 Å². The number of alkyl halides is 1. The van der Waals surface area contributed by atoms with Crippen LogP contribution in [0.15, 0.2) is 29.2 Å². The van der Waals surface area contributed by atoms with Gasteiger partial charge in [0.05, 0.1) is 10.6 Å². The SMILES string of the molecule is NS(=O)(=O)c1cccc(NS(=O)(=O)CCCCl)c1. The van der Waals surface area contributed by atoms with E-state index < -0.39 is 20.0 Å². The quantitative estimate of drug-likeness (QED) is 0.754. The third-order valence-corrected chi connectivity index (χ3v) is 4.53. The van der Waals surface area contributed by atoms with E-state index in [-0.39, 0.29) is 22.2 Å². The monoisotopic (exact) mass is 312 g/mol. The minimum absolute atomic E-state index is 0.129. The third-order valence-electron chi connectivity index (χ3n) is 1.98. The highest BCUT2D eigenvalue weighted by molar-refractivity contribution is 7.92. The third kappa shape index (κ3) is 4.81. The van der Waals surface area contributed by atoms with Gasteiger partial charge in [-0.15, -0.1) is 11.6 Å². The van der Waals surface area contributed by atoms with Gasteiger partial charge in [-0.2, -0.15) is 0 Å². The van der Waals surface area contributed by atoms with Crippen LogP contribution in [0.4, 0.5) is 5.69 Å². The van der Waals surface area contributed by atoms with E-state index >= 15 is 0 Å². The maximum Gasteiger partial charge on any atom is 0.238 e. The zero-order chi connectivity index (χ0) is 13.8. The van der Waals surface area contributed by atoms with Gasteiger partial charge in [0.15, 0.2) is 0 Å². The van der Waals surface area contributed by atoms with Gasteiger partial charge < -0.3 is 0 Å². The molecule has 1 rings (SSSR count). The highest BCUT2D eigenvalue weighted by Gasteiger charge is 2.12. The minimum atomic E-state index is -3.85. The Balaban J connectivity index is 2.93. The zero-order valence-corrected chi connectivity index (χ0v) is 11.7. The van der Waals surface area contributed by atoms with Crippen molar-refractivity contribution in [2.24, 2.45) is 5.14 Å². The van der Waals surface area contributed by atoms with Crippen molar-refractivity contribution in [1.29, 1.82) is 0 Å². The lowest BCUT2D eigenvalue weighted by molar-refractivity contribution is 0.596. The molecule has 6 nitrogen and oxygen atoms in total. The van der Waals surface area contributed by atoms with E-state index in [4.69, 9.17) is 16.7 Å². The molecule has 0 saturated heterocycles. The van der Waals surface area contributed by atoms with Gasteiger partial charge in [-0.25, -0.2) is 22.0 Å². The van der Waals surface area contributed by atoms with Gasteiger partial charge in [0.25, 0.3) is 0 Å². The van der Waals surface area contributed by atoms with Gasteiger partial charge in [-0.1, -0.05) is 6.07 Å². The molecule has 1 aromatic carbocycles. The molecule has 0 fully saturated rings. The summed E-state index contributed by atoms with van der Waals surface area (Å²) >= 11 is 5.41. The largest absolute Gasteiger partial charge is 0.284 e. The predicted octanol–water partition coefficient (Wildman–Crippen LogP) is 0.705. The maximum absolute atomic E-state index is 11.6. The second kappa shape index (κ2) is 5.87. The summed E-state index contributed by atoms with van der Waals surface area (Å²) in [4.78, 5) is -0.153. The molecule has 0 spiro atoms. The number of primary sulfonamides is 1. The van der Waals surface area contributed by atoms with Crippen molar-refractivity contribution in [2.75, 3.05) is 16.4 Å². The average Bonchev–Trinajstić information content (AvgIpc) is 2.25. The first kappa shape index (κ1) is 15.2. The van der Waals surface area contributed by atoms with Crippen LogP contribution in [0.25, 0.3) is 0 Å². The minimum Gasteiger partial charge on any atom is -0.284 e. The van der Waals surface area contributed by atoms with E-state index in [1.54, 1.807) is 0 Å². The van der Waals surface area contributed by atoms with Crippen molar-refractivity contribution in [2.45, 2.75) is 11.3 Å². The van der Waals surface area contributed by atoms with Crippen LogP contribution in [-0.4, -0.2) is 28.5 Å². The molecule has 0 atom stereocenters. The summed E-state index contributed by atoms with van der Waals surface area (Å²) < 4.78 is 47.6. The number of rotatable bonds is 6. The molecule has 0 aliphatic rings. The van der Waals surface area contributed by atoms with E-state index in [1.807, 2.05) is 0 Å². The highest BCUT2D eigenvalue weighted by Crippen LogP contribution is 2.15. The summed E-state index contributed by atoms with van der Waals surface area (Å²) in [7, 11) is -7.38. The van der Waals surface area contributed by atoms with Crippen LogP contribution in [0.3, 0.4) is 0 Å². The predicted molar refractivity (Wildman–Crippen MR) is 70.6 cm³/mol. The van der Waals surface area contributed by atoms with Crippen molar-refractivity contribution >= 4 is 37.3 Å². The Labute approximate surface area is 111 Å². The lowest BCUT2D eigenvalue weighted by atomic mass is 10.3. The summed E-state index contributed by atoms with van der Waals surface area (Å²) in [6, 6.07) is 5.28. The molecule has 0 amide bonds. The first-order chi connectivity index (χ1) is 8.24. The summed E-state index contributed by atoms with van der Waals surface area (Å²) in [5, 5.41) is 4.95. The maximum atomic E-state index is 11.6. The summed E-state index contributed by atoms with van der Waals surface area (Å²) in [5.41, 5.74) is 0.149. The Morgan fingerprint density at radius 3 is 2.44 bits per heavy atom. The average molecular weight is 313 g/mol. The van der Waals surface area contributed by atoms with Crippen LogP contribution < -0.4 is 9.86 Å². The van der Waals surface area contributed by atoms with E-state index in [0.29, 0.717) is 6.42 Å². The molecule has 102 valence electrons. The number of hydrogen-bond donors (Lipinski definition) is 2. The normalized spacial score (nSPS) is 12.3. The molecule has 0 bridgehead atoms. The number of halogens is 1. The van der Waals surface area contributed by atoms with Crippen LogP contribution in [0.5, 0.6) is 0 Å². The van der Waals surface area contributed by atoms with Gasteiger partial charge in [-0.3, -0.25) is 4.72 Å².